The van der Waals surface area contributed by atoms with Gasteiger partial charge >= 0.3 is 17.9 Å². The third-order valence-electron chi connectivity index (χ3n) is 15.6. The minimum Gasteiger partial charge on any atom is -0.477 e. The summed E-state index contributed by atoms with van der Waals surface area (Å²) < 4.78 is 23.0. The van der Waals surface area contributed by atoms with E-state index in [-0.39, 0.29) is 32.2 Å². The SMILES string of the molecule is CC/C=C\C/C=C\C/C=C\C/C=C\C/C=C\CCCCCCCCCCCCCCCCCC(=O)OC(COC(=O)CCCCCCCCCCCCCCCCCCC/C=C\C/C=C\CCCCCCC)COC(OCC[N+](C)(C)C)C(=O)O. The van der Waals surface area contributed by atoms with Crippen LogP contribution in [0.4, 0.5) is 0 Å². The van der Waals surface area contributed by atoms with Crippen molar-refractivity contribution in [3.05, 3.63) is 85.1 Å². The van der Waals surface area contributed by atoms with Gasteiger partial charge in [0.1, 0.15) is 13.2 Å². The molecule has 0 fully saturated rings. The lowest BCUT2D eigenvalue weighted by atomic mass is 10.0. The van der Waals surface area contributed by atoms with E-state index >= 15 is 0 Å². The van der Waals surface area contributed by atoms with E-state index in [0.29, 0.717) is 17.4 Å². The first-order valence-corrected chi connectivity index (χ1v) is 35.8. The Labute approximate surface area is 525 Å². The zero-order valence-electron chi connectivity index (χ0n) is 56.3. The number of likely N-dealkylation sites (N-methyl/N-ethyl adjacent to an activating group) is 1. The smallest absolute Gasteiger partial charge is 0.361 e. The monoisotopic (exact) mass is 1190 g/mol. The van der Waals surface area contributed by atoms with Crippen LogP contribution in [0.15, 0.2) is 85.1 Å². The van der Waals surface area contributed by atoms with Crippen LogP contribution >= 0.6 is 0 Å². The Hall–Kier alpha value is -3.53. The lowest BCUT2D eigenvalue weighted by Crippen LogP contribution is -2.40. The maximum atomic E-state index is 13.0. The fraction of sp³-hybridized carbons (Fsp3) is 0.776. The highest BCUT2D eigenvalue weighted by atomic mass is 16.7. The number of ether oxygens (including phenoxy) is 4. The summed E-state index contributed by atoms with van der Waals surface area (Å²) in [7, 11) is 5.98. The molecule has 0 saturated carbocycles. The van der Waals surface area contributed by atoms with Crippen molar-refractivity contribution < 1.29 is 42.9 Å². The molecule has 0 radical (unpaired) electrons. The summed E-state index contributed by atoms with van der Waals surface area (Å²) in [5, 5.41) is 9.75. The average molecular weight is 1190 g/mol. The summed E-state index contributed by atoms with van der Waals surface area (Å²) in [6, 6.07) is 0. The second-order valence-electron chi connectivity index (χ2n) is 25.2. The van der Waals surface area contributed by atoms with Gasteiger partial charge in [0.05, 0.1) is 34.4 Å². The minimum absolute atomic E-state index is 0.181. The molecule has 2 unspecified atom stereocenters. The minimum atomic E-state index is -1.51. The van der Waals surface area contributed by atoms with E-state index in [1.165, 1.54) is 218 Å². The van der Waals surface area contributed by atoms with Crippen molar-refractivity contribution in [2.75, 3.05) is 47.5 Å². The van der Waals surface area contributed by atoms with Crippen LogP contribution < -0.4 is 0 Å². The molecule has 9 nitrogen and oxygen atoms in total. The molecule has 85 heavy (non-hydrogen) atoms. The largest absolute Gasteiger partial charge is 0.477 e. The number of nitrogens with zero attached hydrogens (tertiary/aromatic N) is 1. The number of carboxylic acids is 1. The number of unbranched alkanes of at least 4 members (excludes halogenated alkanes) is 37. The first-order valence-electron chi connectivity index (χ1n) is 35.8. The highest BCUT2D eigenvalue weighted by Crippen LogP contribution is 2.18. The maximum Gasteiger partial charge on any atom is 0.361 e. The summed E-state index contributed by atoms with van der Waals surface area (Å²) >= 11 is 0. The summed E-state index contributed by atoms with van der Waals surface area (Å²) in [6.07, 6.45) is 87.0. The first kappa shape index (κ1) is 81.5. The predicted octanol–water partition coefficient (Wildman–Crippen LogP) is 22.2. The van der Waals surface area contributed by atoms with E-state index in [9.17, 15) is 19.5 Å². The third kappa shape index (κ3) is 67.8. The molecule has 0 heterocycles. The normalized spacial score (nSPS) is 13.2. The Balaban J connectivity index is 4.09. The Morgan fingerprint density at radius 1 is 0.365 bits per heavy atom. The molecule has 1 N–H and O–H groups in total. The van der Waals surface area contributed by atoms with Crippen LogP contribution in [-0.2, 0) is 33.3 Å². The molecule has 0 amide bonds. The molecular weight excluding hydrogens is 1050 g/mol. The Kier molecular flexibility index (Phi) is 63.7. The van der Waals surface area contributed by atoms with Gasteiger partial charge in [-0.15, -0.1) is 0 Å². The Morgan fingerprint density at radius 3 is 1.00 bits per heavy atom. The van der Waals surface area contributed by atoms with Gasteiger partial charge in [0.15, 0.2) is 6.10 Å². The molecule has 0 spiro atoms. The average Bonchev–Trinajstić information content (AvgIpc) is 3.49. The van der Waals surface area contributed by atoms with Gasteiger partial charge in [-0.05, 0) is 89.9 Å². The standard InChI is InChI=1S/C76H135NO8/c1-6-8-10-12-14-16-18-20-22-24-26-28-30-32-34-36-37-39-41-43-45-47-49-51-53-55-57-59-61-63-65-67-74(79)85-72(71-84-76(75(80)81)82-69-68-77(3,4)5)70-83-73(78)66-64-62-60-58-56-54-52-50-48-46-44-42-40-38-35-33-31-29-27-25-23-21-19-17-15-13-11-9-7-2/h8,10,14,16,19-22,25-28,32,34,72,76H,6-7,9,11-13,15,17-18,23-24,29-31,33,35-71H2,1-5H3/p+1/b10-8-,16-14-,21-19-,22-20-,27-25-,28-26-,34-32-. The quantitative estimate of drug-likeness (QED) is 0.0211. The fourth-order valence-corrected chi connectivity index (χ4v) is 10.2. The van der Waals surface area contributed by atoms with Crippen LogP contribution in [-0.4, -0.2) is 87.4 Å². The topological polar surface area (TPSA) is 108 Å². The molecule has 0 aromatic carbocycles. The van der Waals surface area contributed by atoms with E-state index in [1.807, 2.05) is 21.1 Å². The number of allylic oxidation sites excluding steroid dienone is 14. The molecule has 492 valence electrons. The van der Waals surface area contributed by atoms with Crippen molar-refractivity contribution in [1.82, 2.24) is 0 Å². The van der Waals surface area contributed by atoms with Gasteiger partial charge in [0, 0.05) is 12.8 Å². The lowest BCUT2D eigenvalue weighted by molar-refractivity contribution is -0.870. The van der Waals surface area contributed by atoms with Crippen LogP contribution in [0.2, 0.25) is 0 Å². The molecule has 0 aliphatic rings. The van der Waals surface area contributed by atoms with Gasteiger partial charge < -0.3 is 28.5 Å². The van der Waals surface area contributed by atoms with Crippen molar-refractivity contribution in [3.63, 3.8) is 0 Å². The number of aliphatic carboxylic acids is 1. The number of hydrogen-bond donors (Lipinski definition) is 1. The highest BCUT2D eigenvalue weighted by Gasteiger charge is 2.25. The molecule has 0 aromatic rings. The van der Waals surface area contributed by atoms with Crippen LogP contribution in [0.1, 0.15) is 322 Å². The van der Waals surface area contributed by atoms with Crippen molar-refractivity contribution in [2.45, 2.75) is 334 Å². The van der Waals surface area contributed by atoms with E-state index in [1.54, 1.807) is 0 Å². The second kappa shape index (κ2) is 66.4. The van der Waals surface area contributed by atoms with Crippen molar-refractivity contribution >= 4 is 17.9 Å². The molecule has 0 aliphatic carbocycles. The number of esters is 2. The van der Waals surface area contributed by atoms with Crippen molar-refractivity contribution in [1.29, 1.82) is 0 Å². The molecule has 0 bridgehead atoms. The fourth-order valence-electron chi connectivity index (χ4n) is 10.2. The van der Waals surface area contributed by atoms with E-state index in [0.717, 1.165) is 77.0 Å². The third-order valence-corrected chi connectivity index (χ3v) is 15.6. The number of carbonyl (C=O) groups is 3. The van der Waals surface area contributed by atoms with Crippen molar-refractivity contribution in [2.24, 2.45) is 0 Å². The van der Waals surface area contributed by atoms with Gasteiger partial charge in [0.2, 0.25) is 0 Å². The summed E-state index contributed by atoms with van der Waals surface area (Å²) in [6.45, 7) is 4.79. The molecule has 0 rings (SSSR count). The number of hydrogen-bond acceptors (Lipinski definition) is 7. The summed E-state index contributed by atoms with van der Waals surface area (Å²) in [5.41, 5.74) is 0. The van der Waals surface area contributed by atoms with E-state index in [4.69, 9.17) is 18.9 Å². The number of quaternary nitrogens is 1. The van der Waals surface area contributed by atoms with E-state index in [2.05, 4.69) is 98.9 Å². The summed E-state index contributed by atoms with van der Waals surface area (Å²) in [4.78, 5) is 37.7. The van der Waals surface area contributed by atoms with Crippen LogP contribution in [0, 0.1) is 0 Å². The van der Waals surface area contributed by atoms with Crippen LogP contribution in [0.5, 0.6) is 0 Å². The number of rotatable bonds is 66. The van der Waals surface area contributed by atoms with E-state index < -0.39 is 24.3 Å². The van der Waals surface area contributed by atoms with Gasteiger partial charge in [0.25, 0.3) is 6.29 Å². The highest BCUT2D eigenvalue weighted by molar-refractivity contribution is 5.71. The number of carbonyl (C=O) groups excluding carboxylic acids is 2. The molecule has 2 atom stereocenters. The Morgan fingerprint density at radius 2 is 0.671 bits per heavy atom. The zero-order chi connectivity index (χ0) is 61.9. The second-order valence-corrected chi connectivity index (χ2v) is 25.2. The van der Waals surface area contributed by atoms with Crippen molar-refractivity contribution in [3.8, 4) is 0 Å². The Bertz CT molecular complexity index is 1670. The molecule has 9 heteroatoms. The van der Waals surface area contributed by atoms with Crippen LogP contribution in [0.25, 0.3) is 0 Å². The zero-order valence-corrected chi connectivity index (χ0v) is 56.3. The molecule has 0 aliphatic heterocycles. The molecular formula is C76H136NO8+. The lowest BCUT2D eigenvalue weighted by Gasteiger charge is -2.25. The maximum absolute atomic E-state index is 13.0. The van der Waals surface area contributed by atoms with Crippen LogP contribution in [0.3, 0.4) is 0 Å². The summed E-state index contributed by atoms with van der Waals surface area (Å²) in [5.74, 6) is -1.99. The first-order chi connectivity index (χ1) is 41.6. The van der Waals surface area contributed by atoms with Gasteiger partial charge in [-0.1, -0.05) is 304 Å². The number of carboxylic acid groups (broad SMARTS) is 1. The molecule has 0 aromatic heterocycles. The van der Waals surface area contributed by atoms with Gasteiger partial charge in [-0.3, -0.25) is 9.59 Å². The van der Waals surface area contributed by atoms with Gasteiger partial charge in [-0.25, -0.2) is 4.79 Å². The molecule has 0 saturated heterocycles. The van der Waals surface area contributed by atoms with Gasteiger partial charge in [-0.2, -0.15) is 0 Å². The predicted molar refractivity (Wildman–Crippen MR) is 364 cm³/mol.